The second-order valence-corrected chi connectivity index (χ2v) is 4.46. The molecule has 0 unspecified atom stereocenters. The molecule has 0 spiro atoms. The smallest absolute Gasteiger partial charge is 0.266 e. The lowest BCUT2D eigenvalue weighted by atomic mass is 10.2. The van der Waals surface area contributed by atoms with Crippen LogP contribution < -0.4 is 10.8 Å². The van der Waals surface area contributed by atoms with Gasteiger partial charge in [-0.3, -0.25) is 19.2 Å². The lowest BCUT2D eigenvalue weighted by Gasteiger charge is -2.16. The van der Waals surface area contributed by atoms with Gasteiger partial charge in [0.2, 0.25) is 11.8 Å². The summed E-state index contributed by atoms with van der Waals surface area (Å²) in [7, 11) is 0. The van der Waals surface area contributed by atoms with Crippen molar-refractivity contribution >= 4 is 17.7 Å². The predicted molar refractivity (Wildman–Crippen MR) is 61.1 cm³/mol. The molecule has 2 rings (SSSR count). The van der Waals surface area contributed by atoms with E-state index in [1.165, 1.54) is 0 Å². The molecule has 0 saturated carbocycles. The number of hydrogen-bond donors (Lipinski definition) is 2. The molecule has 2 N–H and O–H groups in total. The maximum absolute atomic E-state index is 11.5. The van der Waals surface area contributed by atoms with Crippen LogP contribution in [0.2, 0.25) is 0 Å². The predicted octanol–water partition coefficient (Wildman–Crippen LogP) is -1.06. The standard InChI is InChI=1S/C11H17N3O4/c15-9-4-3-8(12-9)11(17)13-18-7-6-14-5-1-2-10(14)16/h8H,1-7H2,(H,12,15)(H,13,17)/t8-/m0/s1. The molecular weight excluding hydrogens is 238 g/mol. The minimum absolute atomic E-state index is 0.113. The molecule has 2 fully saturated rings. The molecule has 0 aromatic rings. The maximum Gasteiger partial charge on any atom is 0.266 e. The van der Waals surface area contributed by atoms with Gasteiger partial charge in [-0.1, -0.05) is 0 Å². The molecule has 0 bridgehead atoms. The summed E-state index contributed by atoms with van der Waals surface area (Å²) in [6.07, 6.45) is 2.36. The summed E-state index contributed by atoms with van der Waals surface area (Å²) in [5.41, 5.74) is 2.29. The number of hydrogen-bond acceptors (Lipinski definition) is 4. The Morgan fingerprint density at radius 3 is 2.89 bits per heavy atom. The number of rotatable bonds is 5. The maximum atomic E-state index is 11.5. The van der Waals surface area contributed by atoms with Crippen LogP contribution in [0.5, 0.6) is 0 Å². The minimum atomic E-state index is -0.495. The minimum Gasteiger partial charge on any atom is -0.344 e. The van der Waals surface area contributed by atoms with Gasteiger partial charge in [-0.25, -0.2) is 5.48 Å². The van der Waals surface area contributed by atoms with Crippen molar-refractivity contribution in [3.8, 4) is 0 Å². The summed E-state index contributed by atoms with van der Waals surface area (Å²) in [6, 6.07) is -0.495. The fourth-order valence-electron chi connectivity index (χ4n) is 2.10. The number of carbonyl (C=O) groups is 3. The number of amides is 3. The Hall–Kier alpha value is -1.63. The van der Waals surface area contributed by atoms with Gasteiger partial charge in [0.05, 0.1) is 6.61 Å². The van der Waals surface area contributed by atoms with Crippen molar-refractivity contribution in [2.24, 2.45) is 0 Å². The Kier molecular flexibility index (Phi) is 4.14. The van der Waals surface area contributed by atoms with E-state index < -0.39 is 6.04 Å². The molecule has 1 atom stereocenters. The first-order valence-corrected chi connectivity index (χ1v) is 6.15. The van der Waals surface area contributed by atoms with Gasteiger partial charge in [0.25, 0.3) is 5.91 Å². The summed E-state index contributed by atoms with van der Waals surface area (Å²) < 4.78 is 0. The van der Waals surface area contributed by atoms with Crippen LogP contribution in [0.1, 0.15) is 25.7 Å². The third-order valence-corrected chi connectivity index (χ3v) is 3.12. The van der Waals surface area contributed by atoms with Gasteiger partial charge in [-0.15, -0.1) is 0 Å². The van der Waals surface area contributed by atoms with E-state index in [9.17, 15) is 14.4 Å². The van der Waals surface area contributed by atoms with Gasteiger partial charge >= 0.3 is 0 Å². The fraction of sp³-hybridized carbons (Fsp3) is 0.727. The summed E-state index contributed by atoms with van der Waals surface area (Å²) in [4.78, 5) is 40.4. The van der Waals surface area contributed by atoms with E-state index in [-0.39, 0.29) is 24.3 Å². The molecule has 18 heavy (non-hydrogen) atoms. The van der Waals surface area contributed by atoms with Gasteiger partial charge in [-0.05, 0) is 12.8 Å². The molecule has 0 aromatic carbocycles. The molecule has 0 aromatic heterocycles. The third kappa shape index (κ3) is 3.19. The molecule has 0 aliphatic carbocycles. The fourth-order valence-corrected chi connectivity index (χ4v) is 2.10. The van der Waals surface area contributed by atoms with E-state index in [0.717, 1.165) is 13.0 Å². The molecule has 7 heteroatoms. The number of nitrogens with one attached hydrogen (secondary N) is 2. The highest BCUT2D eigenvalue weighted by molar-refractivity contribution is 5.90. The third-order valence-electron chi connectivity index (χ3n) is 3.12. The van der Waals surface area contributed by atoms with Crippen molar-refractivity contribution in [1.29, 1.82) is 0 Å². The topological polar surface area (TPSA) is 87.7 Å². The highest BCUT2D eigenvalue weighted by Crippen LogP contribution is 2.08. The van der Waals surface area contributed by atoms with Crippen molar-refractivity contribution in [3.05, 3.63) is 0 Å². The van der Waals surface area contributed by atoms with Crippen molar-refractivity contribution in [2.45, 2.75) is 31.7 Å². The molecule has 100 valence electrons. The Balaban J connectivity index is 1.59. The van der Waals surface area contributed by atoms with Gasteiger partial charge in [-0.2, -0.15) is 0 Å². The Morgan fingerprint density at radius 2 is 2.28 bits per heavy atom. The number of hydroxylamine groups is 1. The quantitative estimate of drug-likeness (QED) is 0.484. The van der Waals surface area contributed by atoms with Crippen LogP contribution in [0.25, 0.3) is 0 Å². The van der Waals surface area contributed by atoms with E-state index in [1.807, 2.05) is 0 Å². The van der Waals surface area contributed by atoms with E-state index in [0.29, 0.717) is 25.8 Å². The highest BCUT2D eigenvalue weighted by atomic mass is 16.7. The summed E-state index contributed by atoms with van der Waals surface area (Å²) >= 11 is 0. The first-order valence-electron chi connectivity index (χ1n) is 6.15. The van der Waals surface area contributed by atoms with Crippen LogP contribution in [0, 0.1) is 0 Å². The normalized spacial score (nSPS) is 23.3. The van der Waals surface area contributed by atoms with Crippen LogP contribution >= 0.6 is 0 Å². The average Bonchev–Trinajstić information content (AvgIpc) is 2.94. The summed E-state index contributed by atoms with van der Waals surface area (Å²) in [6.45, 7) is 1.50. The largest absolute Gasteiger partial charge is 0.344 e. The monoisotopic (exact) mass is 255 g/mol. The Bertz CT molecular complexity index is 358. The van der Waals surface area contributed by atoms with Crippen LogP contribution in [-0.2, 0) is 19.2 Å². The lowest BCUT2D eigenvalue weighted by Crippen LogP contribution is -2.42. The summed E-state index contributed by atoms with van der Waals surface area (Å²) in [5.74, 6) is -0.320. The van der Waals surface area contributed by atoms with E-state index in [4.69, 9.17) is 4.84 Å². The van der Waals surface area contributed by atoms with Gasteiger partial charge in [0, 0.05) is 25.9 Å². The second-order valence-electron chi connectivity index (χ2n) is 4.46. The average molecular weight is 255 g/mol. The van der Waals surface area contributed by atoms with Crippen molar-refractivity contribution < 1.29 is 19.2 Å². The number of nitrogens with zero attached hydrogens (tertiary/aromatic N) is 1. The number of likely N-dealkylation sites (tertiary alicyclic amines) is 1. The van der Waals surface area contributed by atoms with Crippen LogP contribution in [0.4, 0.5) is 0 Å². The van der Waals surface area contributed by atoms with Gasteiger partial charge in [0.15, 0.2) is 0 Å². The van der Waals surface area contributed by atoms with E-state index >= 15 is 0 Å². The summed E-state index contributed by atoms with van der Waals surface area (Å²) in [5, 5.41) is 2.55. The molecule has 2 aliphatic rings. The molecule has 0 radical (unpaired) electrons. The van der Waals surface area contributed by atoms with E-state index in [2.05, 4.69) is 10.8 Å². The molecule has 2 saturated heterocycles. The zero-order valence-corrected chi connectivity index (χ0v) is 10.1. The first kappa shape index (κ1) is 12.8. The molecule has 7 nitrogen and oxygen atoms in total. The van der Waals surface area contributed by atoms with Crippen molar-refractivity contribution in [1.82, 2.24) is 15.7 Å². The zero-order valence-electron chi connectivity index (χ0n) is 10.1. The zero-order chi connectivity index (χ0) is 13.0. The Morgan fingerprint density at radius 1 is 1.44 bits per heavy atom. The van der Waals surface area contributed by atoms with Gasteiger partial charge < -0.3 is 10.2 Å². The van der Waals surface area contributed by atoms with Gasteiger partial charge in [0.1, 0.15) is 6.04 Å². The molecule has 2 aliphatic heterocycles. The highest BCUT2D eigenvalue weighted by Gasteiger charge is 2.27. The van der Waals surface area contributed by atoms with Crippen molar-refractivity contribution in [2.75, 3.05) is 19.7 Å². The molecular formula is C11H17N3O4. The lowest BCUT2D eigenvalue weighted by molar-refractivity contribution is -0.137. The second kappa shape index (κ2) is 5.81. The molecule has 3 amide bonds. The molecule has 2 heterocycles. The van der Waals surface area contributed by atoms with E-state index in [1.54, 1.807) is 4.90 Å². The SMILES string of the molecule is O=C1CC[C@@H](C(=O)NOCCN2CCCC2=O)N1. The first-order chi connectivity index (χ1) is 8.66. The van der Waals surface area contributed by atoms with Crippen molar-refractivity contribution in [3.63, 3.8) is 0 Å². The Labute approximate surface area is 105 Å². The van der Waals surface area contributed by atoms with Crippen LogP contribution in [0.15, 0.2) is 0 Å². The van der Waals surface area contributed by atoms with Crippen LogP contribution in [0.3, 0.4) is 0 Å². The van der Waals surface area contributed by atoms with Crippen LogP contribution in [-0.4, -0.2) is 48.4 Å². The number of carbonyl (C=O) groups excluding carboxylic acids is 3.